The molecule has 1 aromatic heterocycles. The average Bonchev–Trinajstić information content (AvgIpc) is 2.55. The fraction of sp³-hybridized carbons (Fsp3) is 0.312. The maximum Gasteiger partial charge on any atom is 0.325 e. The van der Waals surface area contributed by atoms with Gasteiger partial charge < -0.3 is 14.8 Å². The van der Waals surface area contributed by atoms with Crippen molar-refractivity contribution >= 4 is 29.1 Å². The first-order valence-electron chi connectivity index (χ1n) is 7.66. The molecule has 2 N–H and O–H groups in total. The minimum atomic E-state index is -0.469. The summed E-state index contributed by atoms with van der Waals surface area (Å²) in [5.74, 6) is 1.24. The van der Waals surface area contributed by atoms with Crippen LogP contribution >= 0.6 is 11.6 Å². The molecule has 3 rings (SSSR count). The molecular weight excluding hydrogens is 332 g/mol. The number of aromatic nitrogens is 2. The van der Waals surface area contributed by atoms with Crippen LogP contribution in [0.1, 0.15) is 19.3 Å². The second kappa shape index (κ2) is 7.83. The van der Waals surface area contributed by atoms with Gasteiger partial charge in [0.15, 0.2) is 5.82 Å². The molecular formula is C16H17ClN4O3. The Morgan fingerprint density at radius 3 is 2.75 bits per heavy atom. The van der Waals surface area contributed by atoms with Crippen LogP contribution in [0.2, 0.25) is 5.02 Å². The number of rotatable bonds is 0. The summed E-state index contributed by atoms with van der Waals surface area (Å²) in [6.07, 6.45) is 5.68. The van der Waals surface area contributed by atoms with E-state index in [-0.39, 0.29) is 0 Å². The van der Waals surface area contributed by atoms with Gasteiger partial charge in [-0.2, -0.15) is 4.98 Å². The molecule has 1 aliphatic rings. The standard InChI is InChI=1S/C16H17ClN4O3/c17-11-4-5-13-12(8-11)19-16(22)21-14-9-18-10-15(20-14)24-7-3-1-2-6-23-13/h4-5,8-10H,1-3,6-7H2,(H2,19,20,21,22). The minimum Gasteiger partial charge on any atom is -0.491 e. The van der Waals surface area contributed by atoms with Crippen molar-refractivity contribution in [1.29, 1.82) is 0 Å². The van der Waals surface area contributed by atoms with E-state index in [1.807, 2.05) is 0 Å². The summed E-state index contributed by atoms with van der Waals surface area (Å²) < 4.78 is 11.3. The maximum absolute atomic E-state index is 12.2. The number of fused-ring (bicyclic) bond motifs is 3. The van der Waals surface area contributed by atoms with E-state index in [0.29, 0.717) is 41.4 Å². The lowest BCUT2D eigenvalue weighted by Crippen LogP contribution is -2.21. The number of benzene rings is 1. The number of carbonyl (C=O) groups excluding carboxylic acids is 1. The zero-order chi connectivity index (χ0) is 16.8. The van der Waals surface area contributed by atoms with Crippen LogP contribution in [-0.2, 0) is 0 Å². The first kappa shape index (κ1) is 16.3. The topological polar surface area (TPSA) is 85.4 Å². The Morgan fingerprint density at radius 1 is 1.04 bits per heavy atom. The van der Waals surface area contributed by atoms with E-state index >= 15 is 0 Å². The van der Waals surface area contributed by atoms with Gasteiger partial charge in [-0.15, -0.1) is 0 Å². The second-order valence-corrected chi connectivity index (χ2v) is 5.66. The van der Waals surface area contributed by atoms with Gasteiger partial charge in [0.25, 0.3) is 0 Å². The fourth-order valence-electron chi connectivity index (χ4n) is 2.21. The number of hydrogen-bond donors (Lipinski definition) is 2. The van der Waals surface area contributed by atoms with Crippen LogP contribution in [-0.4, -0.2) is 29.2 Å². The highest BCUT2D eigenvalue weighted by Crippen LogP contribution is 2.28. The van der Waals surface area contributed by atoms with Crippen LogP contribution < -0.4 is 20.1 Å². The van der Waals surface area contributed by atoms with Crippen LogP contribution in [0.15, 0.2) is 30.6 Å². The van der Waals surface area contributed by atoms with E-state index in [0.717, 1.165) is 19.3 Å². The van der Waals surface area contributed by atoms with Gasteiger partial charge in [-0.1, -0.05) is 11.6 Å². The van der Waals surface area contributed by atoms with E-state index in [9.17, 15) is 4.79 Å². The Balaban J connectivity index is 1.82. The Bertz CT molecular complexity index is 726. The molecule has 0 saturated carbocycles. The molecule has 0 saturated heterocycles. The van der Waals surface area contributed by atoms with Gasteiger partial charge in [-0.25, -0.2) is 4.79 Å². The molecule has 2 aromatic rings. The first-order valence-corrected chi connectivity index (χ1v) is 8.04. The summed E-state index contributed by atoms with van der Waals surface area (Å²) in [6.45, 7) is 1.09. The number of nitrogens with one attached hydrogen (secondary N) is 2. The van der Waals surface area contributed by atoms with Crippen molar-refractivity contribution in [2.24, 2.45) is 0 Å². The van der Waals surface area contributed by atoms with Gasteiger partial charge in [0.05, 0.1) is 31.3 Å². The van der Waals surface area contributed by atoms with Crippen molar-refractivity contribution in [3.63, 3.8) is 0 Å². The van der Waals surface area contributed by atoms with Crippen LogP contribution in [0, 0.1) is 0 Å². The molecule has 0 aliphatic carbocycles. The monoisotopic (exact) mass is 348 g/mol. The molecule has 8 heteroatoms. The lowest BCUT2D eigenvalue weighted by molar-refractivity contribution is 0.261. The van der Waals surface area contributed by atoms with Crippen molar-refractivity contribution in [3.05, 3.63) is 35.6 Å². The zero-order valence-corrected chi connectivity index (χ0v) is 13.7. The molecule has 0 radical (unpaired) electrons. The lowest BCUT2D eigenvalue weighted by Gasteiger charge is -2.13. The van der Waals surface area contributed by atoms with E-state index in [4.69, 9.17) is 21.1 Å². The van der Waals surface area contributed by atoms with Crippen molar-refractivity contribution in [3.8, 4) is 11.6 Å². The molecule has 7 nitrogen and oxygen atoms in total. The third-order valence-electron chi connectivity index (χ3n) is 3.34. The molecule has 1 aliphatic heterocycles. The molecule has 24 heavy (non-hydrogen) atoms. The molecule has 0 unspecified atom stereocenters. The van der Waals surface area contributed by atoms with Gasteiger partial charge in [0, 0.05) is 5.02 Å². The van der Waals surface area contributed by atoms with E-state index in [1.54, 1.807) is 18.2 Å². The Hall–Kier alpha value is -2.54. The maximum atomic E-state index is 12.2. The molecule has 2 bridgehead atoms. The summed E-state index contributed by atoms with van der Waals surface area (Å²) in [6, 6.07) is 4.62. The van der Waals surface area contributed by atoms with Gasteiger partial charge in [-0.3, -0.25) is 10.3 Å². The van der Waals surface area contributed by atoms with E-state index < -0.39 is 6.03 Å². The first-order chi connectivity index (χ1) is 11.7. The number of carbonyl (C=O) groups is 1. The summed E-state index contributed by atoms with van der Waals surface area (Å²) in [4.78, 5) is 20.4. The van der Waals surface area contributed by atoms with Gasteiger partial charge >= 0.3 is 6.03 Å². The van der Waals surface area contributed by atoms with E-state index in [2.05, 4.69) is 20.6 Å². The summed E-state index contributed by atoms with van der Waals surface area (Å²) in [7, 11) is 0. The predicted octanol–water partition coefficient (Wildman–Crippen LogP) is 3.72. The highest BCUT2D eigenvalue weighted by Gasteiger charge is 2.11. The summed E-state index contributed by atoms with van der Waals surface area (Å²) in [5, 5.41) is 5.83. The summed E-state index contributed by atoms with van der Waals surface area (Å²) >= 11 is 6.01. The number of nitrogens with zero attached hydrogens (tertiary/aromatic N) is 2. The van der Waals surface area contributed by atoms with Crippen LogP contribution in [0.5, 0.6) is 11.6 Å². The minimum absolute atomic E-state index is 0.296. The number of ether oxygens (including phenoxy) is 2. The van der Waals surface area contributed by atoms with E-state index in [1.165, 1.54) is 12.4 Å². The molecule has 2 heterocycles. The SMILES string of the molecule is O=C1Nc2cncc(n2)OCCCCCOc2ccc(Cl)cc2N1. The van der Waals surface area contributed by atoms with Crippen LogP contribution in [0.25, 0.3) is 0 Å². The average molecular weight is 349 g/mol. The highest BCUT2D eigenvalue weighted by atomic mass is 35.5. The quantitative estimate of drug-likeness (QED) is 0.758. The largest absolute Gasteiger partial charge is 0.491 e. The van der Waals surface area contributed by atoms with Crippen molar-refractivity contribution in [1.82, 2.24) is 9.97 Å². The molecule has 0 spiro atoms. The van der Waals surface area contributed by atoms with Crippen LogP contribution in [0.3, 0.4) is 0 Å². The van der Waals surface area contributed by atoms with Crippen molar-refractivity contribution in [2.75, 3.05) is 23.8 Å². The van der Waals surface area contributed by atoms with Gasteiger partial charge in [0.1, 0.15) is 5.75 Å². The number of halogens is 1. The number of urea groups is 1. The zero-order valence-electron chi connectivity index (χ0n) is 12.9. The summed E-state index contributed by atoms with van der Waals surface area (Å²) in [5.41, 5.74) is 0.496. The molecule has 0 fully saturated rings. The molecule has 126 valence electrons. The lowest BCUT2D eigenvalue weighted by atomic mass is 10.2. The second-order valence-electron chi connectivity index (χ2n) is 5.22. The fourth-order valence-corrected chi connectivity index (χ4v) is 2.39. The third-order valence-corrected chi connectivity index (χ3v) is 3.58. The number of anilines is 2. The van der Waals surface area contributed by atoms with Crippen molar-refractivity contribution in [2.45, 2.75) is 19.3 Å². The number of amides is 2. The Kier molecular flexibility index (Phi) is 5.32. The van der Waals surface area contributed by atoms with Crippen molar-refractivity contribution < 1.29 is 14.3 Å². The molecule has 0 atom stereocenters. The predicted molar refractivity (Wildman–Crippen MR) is 91.0 cm³/mol. The molecule has 1 aromatic carbocycles. The highest BCUT2D eigenvalue weighted by molar-refractivity contribution is 6.31. The normalized spacial score (nSPS) is 15.5. The molecule has 2 amide bonds. The van der Waals surface area contributed by atoms with Gasteiger partial charge in [0.2, 0.25) is 5.88 Å². The number of hydrogen-bond acceptors (Lipinski definition) is 5. The van der Waals surface area contributed by atoms with Gasteiger partial charge in [-0.05, 0) is 37.5 Å². The third kappa shape index (κ3) is 4.48. The Morgan fingerprint density at radius 2 is 1.88 bits per heavy atom. The smallest absolute Gasteiger partial charge is 0.325 e. The van der Waals surface area contributed by atoms with Crippen LogP contribution in [0.4, 0.5) is 16.3 Å². The Labute approximate surface area is 144 Å².